The van der Waals surface area contributed by atoms with E-state index in [0.717, 1.165) is 36.5 Å². The lowest BCUT2D eigenvalue weighted by molar-refractivity contribution is -0.175. The van der Waals surface area contributed by atoms with Gasteiger partial charge in [-0.2, -0.15) is 0 Å². The van der Waals surface area contributed by atoms with Gasteiger partial charge in [-0.3, -0.25) is 4.79 Å². The fourth-order valence-corrected chi connectivity index (χ4v) is 9.02. The van der Waals surface area contributed by atoms with Crippen molar-refractivity contribution in [3.63, 3.8) is 0 Å². The van der Waals surface area contributed by atoms with E-state index in [1.807, 2.05) is 0 Å². The van der Waals surface area contributed by atoms with Crippen LogP contribution >= 0.6 is 0 Å². The van der Waals surface area contributed by atoms with E-state index in [1.54, 1.807) is 0 Å². The quantitative estimate of drug-likeness (QED) is 0.457. The summed E-state index contributed by atoms with van der Waals surface area (Å²) in [4.78, 5) is 12.1. The van der Waals surface area contributed by atoms with Crippen LogP contribution < -0.4 is 0 Å². The molecule has 0 aromatic rings. The highest BCUT2D eigenvalue weighted by atomic mass is 19.1. The van der Waals surface area contributed by atoms with E-state index >= 15 is 4.39 Å². The lowest BCUT2D eigenvalue weighted by Gasteiger charge is -2.62. The topological polar surface area (TPSA) is 17.1 Å². The van der Waals surface area contributed by atoms with Crippen LogP contribution in [0.2, 0.25) is 0 Å². The van der Waals surface area contributed by atoms with Crippen LogP contribution in [0.4, 0.5) is 4.39 Å². The molecule has 0 aliphatic heterocycles. The van der Waals surface area contributed by atoms with Gasteiger partial charge in [0.1, 0.15) is 11.5 Å². The molecule has 8 atom stereocenters. The molecular weight excluding hydrogens is 359 g/mol. The molecule has 4 fully saturated rings. The Bertz CT molecular complexity index is 628. The molecule has 0 bridgehead atoms. The number of ketones is 1. The third kappa shape index (κ3) is 3.43. The van der Waals surface area contributed by atoms with Gasteiger partial charge in [0.25, 0.3) is 0 Å². The summed E-state index contributed by atoms with van der Waals surface area (Å²) in [6, 6.07) is 0. The zero-order valence-electron chi connectivity index (χ0n) is 19.7. The fraction of sp³-hybridized carbons (Fsp3) is 0.963. The number of rotatable bonds is 5. The molecule has 0 amide bonds. The molecule has 0 heterocycles. The molecule has 4 rings (SSSR count). The number of hydrogen-bond acceptors (Lipinski definition) is 1. The second kappa shape index (κ2) is 7.63. The van der Waals surface area contributed by atoms with Crippen molar-refractivity contribution < 1.29 is 9.18 Å². The van der Waals surface area contributed by atoms with Gasteiger partial charge in [-0.05, 0) is 85.9 Å². The van der Waals surface area contributed by atoms with E-state index in [2.05, 4.69) is 34.6 Å². The normalized spacial score (nSPS) is 48.2. The number of carbonyl (C=O) groups is 1. The number of carbonyl (C=O) groups excluding carboxylic acids is 1. The monoisotopic (exact) mass is 404 g/mol. The van der Waals surface area contributed by atoms with Crippen molar-refractivity contribution in [1.82, 2.24) is 0 Å². The van der Waals surface area contributed by atoms with Crippen molar-refractivity contribution in [2.45, 2.75) is 117 Å². The molecule has 0 saturated heterocycles. The first kappa shape index (κ1) is 21.8. The minimum atomic E-state index is -1.22. The van der Waals surface area contributed by atoms with Crippen molar-refractivity contribution in [2.24, 2.45) is 46.3 Å². The lowest BCUT2D eigenvalue weighted by Crippen LogP contribution is -2.60. The summed E-state index contributed by atoms with van der Waals surface area (Å²) in [5.41, 5.74) is -1.01. The summed E-state index contributed by atoms with van der Waals surface area (Å²) in [5.74, 6) is 4.66. The number of fused-ring (bicyclic) bond motifs is 5. The van der Waals surface area contributed by atoms with Gasteiger partial charge in [0, 0.05) is 18.3 Å². The maximum absolute atomic E-state index is 16.1. The molecule has 0 aromatic heterocycles. The van der Waals surface area contributed by atoms with Crippen LogP contribution in [0.1, 0.15) is 112 Å². The third-order valence-corrected chi connectivity index (χ3v) is 10.8. The molecule has 0 N–H and O–H groups in total. The predicted octanol–water partition coefficient (Wildman–Crippen LogP) is 7.77. The smallest absolute Gasteiger partial charge is 0.136 e. The summed E-state index contributed by atoms with van der Waals surface area (Å²) < 4.78 is 16.1. The SMILES string of the molecule is CC(C)CCC[C@@H](C)[C@H]1CC[C@H]2[C@@H]3CC[C@@]4(F)CC(=O)CC[C@]4(C)[C@H]3CC[C@]12C. The maximum atomic E-state index is 16.1. The molecular formula is C27H45FO. The Morgan fingerprint density at radius 3 is 2.45 bits per heavy atom. The zero-order chi connectivity index (χ0) is 21.0. The molecule has 0 unspecified atom stereocenters. The highest BCUT2D eigenvalue weighted by Gasteiger charge is 2.65. The molecule has 4 aliphatic carbocycles. The Morgan fingerprint density at radius 2 is 1.72 bits per heavy atom. The van der Waals surface area contributed by atoms with E-state index in [0.29, 0.717) is 30.1 Å². The molecule has 4 saturated carbocycles. The molecule has 166 valence electrons. The van der Waals surface area contributed by atoms with E-state index in [1.165, 1.54) is 44.9 Å². The highest BCUT2D eigenvalue weighted by molar-refractivity contribution is 5.80. The number of halogens is 1. The Kier molecular flexibility index (Phi) is 5.74. The van der Waals surface area contributed by atoms with Crippen LogP contribution in [0.15, 0.2) is 0 Å². The molecule has 2 heteroatoms. The highest BCUT2D eigenvalue weighted by Crippen LogP contribution is 2.69. The van der Waals surface area contributed by atoms with Crippen LogP contribution in [0, 0.1) is 46.3 Å². The first-order chi connectivity index (χ1) is 13.6. The third-order valence-electron chi connectivity index (χ3n) is 10.8. The van der Waals surface area contributed by atoms with Crippen LogP contribution in [-0.4, -0.2) is 11.5 Å². The minimum absolute atomic E-state index is 0.167. The molecule has 0 aromatic carbocycles. The second-order valence-electron chi connectivity index (χ2n) is 12.5. The molecule has 29 heavy (non-hydrogen) atoms. The van der Waals surface area contributed by atoms with Crippen molar-refractivity contribution in [3.8, 4) is 0 Å². The lowest BCUT2D eigenvalue weighted by atomic mass is 9.43. The van der Waals surface area contributed by atoms with E-state index < -0.39 is 5.67 Å². The summed E-state index contributed by atoms with van der Waals surface area (Å²) in [5, 5.41) is 0. The van der Waals surface area contributed by atoms with Crippen molar-refractivity contribution in [2.75, 3.05) is 0 Å². The molecule has 1 nitrogen and oxygen atoms in total. The van der Waals surface area contributed by atoms with Gasteiger partial charge in [0.2, 0.25) is 0 Å². The van der Waals surface area contributed by atoms with Crippen LogP contribution in [0.5, 0.6) is 0 Å². The Balaban J connectivity index is 1.50. The summed E-state index contributed by atoms with van der Waals surface area (Å²) in [7, 11) is 0. The van der Waals surface area contributed by atoms with Crippen LogP contribution in [0.3, 0.4) is 0 Å². The van der Waals surface area contributed by atoms with Gasteiger partial charge >= 0.3 is 0 Å². The average Bonchev–Trinajstić information content (AvgIpc) is 2.99. The predicted molar refractivity (Wildman–Crippen MR) is 118 cm³/mol. The molecule has 0 spiro atoms. The average molecular weight is 405 g/mol. The van der Waals surface area contributed by atoms with Gasteiger partial charge in [-0.25, -0.2) is 4.39 Å². The van der Waals surface area contributed by atoms with Crippen LogP contribution in [-0.2, 0) is 4.79 Å². The number of hydrogen-bond donors (Lipinski definition) is 0. The minimum Gasteiger partial charge on any atom is -0.300 e. The van der Waals surface area contributed by atoms with Crippen molar-refractivity contribution in [3.05, 3.63) is 0 Å². The van der Waals surface area contributed by atoms with E-state index in [9.17, 15) is 4.79 Å². The van der Waals surface area contributed by atoms with Crippen molar-refractivity contribution >= 4 is 5.78 Å². The first-order valence-corrected chi connectivity index (χ1v) is 12.8. The van der Waals surface area contributed by atoms with Gasteiger partial charge in [0.05, 0.1) is 0 Å². The number of Topliss-reactive ketones (excluding diaryl/α,β-unsaturated/α-hetero) is 1. The van der Waals surface area contributed by atoms with Crippen molar-refractivity contribution in [1.29, 1.82) is 0 Å². The van der Waals surface area contributed by atoms with Gasteiger partial charge in [-0.1, -0.05) is 53.9 Å². The zero-order valence-corrected chi connectivity index (χ0v) is 19.7. The van der Waals surface area contributed by atoms with E-state index in [-0.39, 0.29) is 17.6 Å². The largest absolute Gasteiger partial charge is 0.300 e. The van der Waals surface area contributed by atoms with E-state index in [4.69, 9.17) is 0 Å². The number of alkyl halides is 1. The standard InChI is InChI=1S/C27H45FO/c1-18(2)7-6-8-19(3)22-9-10-23-21-12-16-27(28)17-20(29)11-15-26(27,5)24(21)13-14-25(22,23)4/h18-19,21-24H,6-17H2,1-5H3/t19-,21+,22-,23+,24+,25-,26-,27-/m1/s1. The molecule has 0 radical (unpaired) electrons. The second-order valence-corrected chi connectivity index (χ2v) is 12.5. The first-order valence-electron chi connectivity index (χ1n) is 12.8. The van der Waals surface area contributed by atoms with Crippen LogP contribution in [0.25, 0.3) is 0 Å². The Labute approximate surface area is 179 Å². The van der Waals surface area contributed by atoms with Gasteiger partial charge < -0.3 is 0 Å². The fourth-order valence-electron chi connectivity index (χ4n) is 9.02. The summed E-state index contributed by atoms with van der Waals surface area (Å²) >= 11 is 0. The maximum Gasteiger partial charge on any atom is 0.136 e. The summed E-state index contributed by atoms with van der Waals surface area (Å²) in [6.45, 7) is 12.0. The Hall–Kier alpha value is -0.400. The Morgan fingerprint density at radius 1 is 0.966 bits per heavy atom. The van der Waals surface area contributed by atoms with Gasteiger partial charge in [-0.15, -0.1) is 0 Å². The van der Waals surface area contributed by atoms with Gasteiger partial charge in [0.15, 0.2) is 0 Å². The summed E-state index contributed by atoms with van der Waals surface area (Å²) in [6.07, 6.45) is 12.6. The molecule has 4 aliphatic rings.